The molecule has 1 amide bonds. The van der Waals surface area contributed by atoms with Gasteiger partial charge in [-0.05, 0) is 29.8 Å². The normalized spacial score (nSPS) is 15.9. The van der Waals surface area contributed by atoms with Gasteiger partial charge in [0, 0.05) is 31.7 Å². The van der Waals surface area contributed by atoms with Gasteiger partial charge < -0.3 is 10.0 Å². The number of piperazine rings is 1. The highest BCUT2D eigenvalue weighted by molar-refractivity contribution is 7.88. The molecule has 1 aliphatic rings. The van der Waals surface area contributed by atoms with Crippen LogP contribution in [-0.2, 0) is 15.8 Å². The maximum atomic E-state index is 12.5. The molecule has 1 saturated heterocycles. The average Bonchev–Trinajstić information content (AvgIpc) is 2.62. The highest BCUT2D eigenvalue weighted by Crippen LogP contribution is 2.16. The Morgan fingerprint density at radius 2 is 1.52 bits per heavy atom. The second-order valence-corrected chi connectivity index (χ2v) is 7.95. The summed E-state index contributed by atoms with van der Waals surface area (Å²) in [5.74, 6) is -0.0757. The molecule has 1 N–H and O–H groups in total. The van der Waals surface area contributed by atoms with Crippen molar-refractivity contribution in [3.8, 4) is 5.75 Å². The van der Waals surface area contributed by atoms with Gasteiger partial charge >= 0.3 is 0 Å². The van der Waals surface area contributed by atoms with Gasteiger partial charge in [0.1, 0.15) is 5.75 Å². The van der Waals surface area contributed by atoms with Crippen molar-refractivity contribution in [2.75, 3.05) is 26.2 Å². The Kier molecular flexibility index (Phi) is 5.06. The van der Waals surface area contributed by atoms with E-state index in [4.69, 9.17) is 0 Å². The zero-order valence-electron chi connectivity index (χ0n) is 13.7. The first-order valence-electron chi connectivity index (χ1n) is 8.06. The number of hydrogen-bond donors (Lipinski definition) is 1. The number of phenolic OH excluding ortho intramolecular Hbond substituents is 1. The van der Waals surface area contributed by atoms with Crippen molar-refractivity contribution in [3.05, 3.63) is 65.7 Å². The topological polar surface area (TPSA) is 77.9 Å². The van der Waals surface area contributed by atoms with Crippen molar-refractivity contribution in [1.82, 2.24) is 9.21 Å². The minimum atomic E-state index is -3.39. The van der Waals surface area contributed by atoms with E-state index >= 15 is 0 Å². The molecule has 2 aromatic rings. The third kappa shape index (κ3) is 4.18. The first-order valence-corrected chi connectivity index (χ1v) is 9.67. The zero-order chi connectivity index (χ0) is 17.9. The number of benzene rings is 2. The van der Waals surface area contributed by atoms with E-state index in [0.29, 0.717) is 31.7 Å². The van der Waals surface area contributed by atoms with Crippen molar-refractivity contribution in [2.24, 2.45) is 0 Å². The number of phenols is 1. The Labute approximate surface area is 147 Å². The SMILES string of the molecule is O=C(c1ccc(O)cc1)N1CCN(S(=O)(=O)Cc2ccccc2)CC1. The maximum Gasteiger partial charge on any atom is 0.253 e. The lowest BCUT2D eigenvalue weighted by Crippen LogP contribution is -2.50. The van der Waals surface area contributed by atoms with Crippen LogP contribution in [0.25, 0.3) is 0 Å². The summed E-state index contributed by atoms with van der Waals surface area (Å²) < 4.78 is 26.5. The van der Waals surface area contributed by atoms with Crippen LogP contribution in [0.15, 0.2) is 54.6 Å². The second-order valence-electron chi connectivity index (χ2n) is 5.98. The van der Waals surface area contributed by atoms with Gasteiger partial charge in [0.05, 0.1) is 5.75 Å². The Bertz CT molecular complexity index is 827. The second kappa shape index (κ2) is 7.25. The molecule has 0 bridgehead atoms. The average molecular weight is 360 g/mol. The van der Waals surface area contributed by atoms with Crippen LogP contribution < -0.4 is 0 Å². The summed E-state index contributed by atoms with van der Waals surface area (Å²) in [5, 5.41) is 9.30. The van der Waals surface area contributed by atoms with E-state index in [-0.39, 0.29) is 17.4 Å². The van der Waals surface area contributed by atoms with Crippen LogP contribution >= 0.6 is 0 Å². The molecule has 0 aromatic heterocycles. The summed E-state index contributed by atoms with van der Waals surface area (Å²) in [6, 6.07) is 15.1. The third-order valence-electron chi connectivity index (χ3n) is 4.23. The molecule has 0 saturated carbocycles. The van der Waals surface area contributed by atoms with Crippen molar-refractivity contribution in [2.45, 2.75) is 5.75 Å². The minimum Gasteiger partial charge on any atom is -0.508 e. The van der Waals surface area contributed by atoms with Gasteiger partial charge in [0.25, 0.3) is 5.91 Å². The number of nitrogens with zero attached hydrogens (tertiary/aromatic N) is 2. The molecule has 0 atom stereocenters. The van der Waals surface area contributed by atoms with Crippen LogP contribution in [-0.4, -0.2) is 54.8 Å². The summed E-state index contributed by atoms with van der Waals surface area (Å²) in [4.78, 5) is 14.1. The monoisotopic (exact) mass is 360 g/mol. The van der Waals surface area contributed by atoms with Crippen LogP contribution in [0.1, 0.15) is 15.9 Å². The Hall–Kier alpha value is -2.38. The molecule has 0 unspecified atom stereocenters. The van der Waals surface area contributed by atoms with E-state index in [2.05, 4.69) is 0 Å². The molecular weight excluding hydrogens is 340 g/mol. The lowest BCUT2D eigenvalue weighted by molar-refractivity contribution is 0.0698. The first-order chi connectivity index (χ1) is 12.0. The molecule has 7 heteroatoms. The lowest BCUT2D eigenvalue weighted by atomic mass is 10.2. The van der Waals surface area contributed by atoms with E-state index in [1.807, 2.05) is 18.2 Å². The molecule has 1 fully saturated rings. The van der Waals surface area contributed by atoms with Crippen molar-refractivity contribution < 1.29 is 18.3 Å². The largest absolute Gasteiger partial charge is 0.508 e. The Morgan fingerprint density at radius 1 is 0.920 bits per heavy atom. The van der Waals surface area contributed by atoms with Crippen molar-refractivity contribution in [1.29, 1.82) is 0 Å². The lowest BCUT2D eigenvalue weighted by Gasteiger charge is -2.34. The Balaban J connectivity index is 1.61. The summed E-state index contributed by atoms with van der Waals surface area (Å²) in [7, 11) is -3.39. The summed E-state index contributed by atoms with van der Waals surface area (Å²) in [6.07, 6.45) is 0. The molecule has 0 radical (unpaired) electrons. The van der Waals surface area contributed by atoms with Gasteiger partial charge in [-0.25, -0.2) is 8.42 Å². The van der Waals surface area contributed by atoms with Gasteiger partial charge in [-0.2, -0.15) is 4.31 Å². The number of hydrogen-bond acceptors (Lipinski definition) is 4. The van der Waals surface area contributed by atoms with Crippen LogP contribution in [0.2, 0.25) is 0 Å². The van der Waals surface area contributed by atoms with E-state index < -0.39 is 10.0 Å². The van der Waals surface area contributed by atoms with Crippen molar-refractivity contribution >= 4 is 15.9 Å². The number of carbonyl (C=O) groups is 1. The predicted molar refractivity (Wildman–Crippen MR) is 94.6 cm³/mol. The molecule has 25 heavy (non-hydrogen) atoms. The molecule has 0 spiro atoms. The molecule has 6 nitrogen and oxygen atoms in total. The van der Waals surface area contributed by atoms with Crippen LogP contribution in [0.3, 0.4) is 0 Å². The Morgan fingerprint density at radius 3 is 2.12 bits per heavy atom. The van der Waals surface area contributed by atoms with E-state index in [1.165, 1.54) is 16.4 Å². The van der Waals surface area contributed by atoms with Crippen molar-refractivity contribution in [3.63, 3.8) is 0 Å². The summed E-state index contributed by atoms with van der Waals surface area (Å²) in [6.45, 7) is 1.29. The summed E-state index contributed by atoms with van der Waals surface area (Å²) in [5.41, 5.74) is 1.24. The highest BCUT2D eigenvalue weighted by Gasteiger charge is 2.29. The minimum absolute atomic E-state index is 0.0280. The molecule has 1 heterocycles. The van der Waals surface area contributed by atoms with Crippen LogP contribution in [0.4, 0.5) is 0 Å². The molecule has 3 rings (SSSR count). The number of rotatable bonds is 4. The molecule has 1 aliphatic heterocycles. The maximum absolute atomic E-state index is 12.5. The van der Waals surface area contributed by atoms with E-state index in [1.54, 1.807) is 29.2 Å². The fraction of sp³-hybridized carbons (Fsp3) is 0.278. The summed E-state index contributed by atoms with van der Waals surface area (Å²) >= 11 is 0. The number of aromatic hydroxyl groups is 1. The fourth-order valence-corrected chi connectivity index (χ4v) is 4.35. The van der Waals surface area contributed by atoms with E-state index in [9.17, 15) is 18.3 Å². The predicted octanol–water partition coefficient (Wildman–Crippen LogP) is 1.68. The van der Waals surface area contributed by atoms with Crippen LogP contribution in [0.5, 0.6) is 5.75 Å². The molecule has 0 aliphatic carbocycles. The molecular formula is C18H20N2O4S. The quantitative estimate of drug-likeness (QED) is 0.900. The number of amides is 1. The van der Waals surface area contributed by atoms with Gasteiger partial charge in [0.2, 0.25) is 10.0 Å². The fourth-order valence-electron chi connectivity index (χ4n) is 2.83. The third-order valence-corrected chi connectivity index (χ3v) is 6.08. The number of sulfonamides is 1. The highest BCUT2D eigenvalue weighted by atomic mass is 32.2. The molecule has 132 valence electrons. The zero-order valence-corrected chi connectivity index (χ0v) is 14.5. The first kappa shape index (κ1) is 17.4. The van der Waals surface area contributed by atoms with E-state index in [0.717, 1.165) is 5.56 Å². The van der Waals surface area contributed by atoms with Gasteiger partial charge in [-0.3, -0.25) is 4.79 Å². The standard InChI is InChI=1S/C18H20N2O4S/c21-17-8-6-16(7-9-17)18(22)19-10-12-20(13-11-19)25(23,24)14-15-4-2-1-3-5-15/h1-9,21H,10-14H2. The van der Waals surface area contributed by atoms with Gasteiger partial charge in [0.15, 0.2) is 0 Å². The van der Waals surface area contributed by atoms with Crippen LogP contribution in [0, 0.1) is 0 Å². The smallest absolute Gasteiger partial charge is 0.253 e. The number of carbonyl (C=O) groups excluding carboxylic acids is 1. The molecule has 2 aromatic carbocycles. The van der Waals surface area contributed by atoms with Gasteiger partial charge in [-0.1, -0.05) is 30.3 Å². The van der Waals surface area contributed by atoms with Gasteiger partial charge in [-0.15, -0.1) is 0 Å².